The quantitative estimate of drug-likeness (QED) is 0.721. The van der Waals surface area contributed by atoms with Gasteiger partial charge in [0.1, 0.15) is 0 Å². The molecule has 0 aliphatic carbocycles. The predicted octanol–water partition coefficient (Wildman–Crippen LogP) is 3.01. The zero-order chi connectivity index (χ0) is 9.14. The van der Waals surface area contributed by atoms with Gasteiger partial charge in [-0.05, 0) is 16.7 Å². The van der Waals surface area contributed by atoms with Gasteiger partial charge < -0.3 is 0 Å². The van der Waals surface area contributed by atoms with E-state index in [1.807, 2.05) is 0 Å². The van der Waals surface area contributed by atoms with Gasteiger partial charge in [0.25, 0.3) is 0 Å². The van der Waals surface area contributed by atoms with Crippen molar-refractivity contribution in [2.45, 2.75) is 0 Å². The standard InChI is InChI=1S/C7H6Cl2O2P/c1-11-12(10)7-4-5(8)2-3-6(7)9/h2-4H,1H3/q+1. The van der Waals surface area contributed by atoms with Crippen LogP contribution in [0.3, 0.4) is 0 Å². The largest absolute Gasteiger partial charge is 0.550 e. The first kappa shape index (κ1) is 9.94. The highest BCUT2D eigenvalue weighted by atomic mass is 35.5. The number of rotatable bonds is 2. The van der Waals surface area contributed by atoms with Crippen LogP contribution in [-0.2, 0) is 9.09 Å². The lowest BCUT2D eigenvalue weighted by molar-refractivity contribution is 0.423. The van der Waals surface area contributed by atoms with Crippen molar-refractivity contribution >= 4 is 36.5 Å². The van der Waals surface area contributed by atoms with Crippen molar-refractivity contribution in [3.63, 3.8) is 0 Å². The maximum atomic E-state index is 11.2. The average Bonchev–Trinajstić information content (AvgIpc) is 2.08. The van der Waals surface area contributed by atoms with Crippen LogP contribution in [0.5, 0.6) is 0 Å². The summed E-state index contributed by atoms with van der Waals surface area (Å²) in [5.41, 5.74) is 0. The molecule has 0 bridgehead atoms. The Kier molecular flexibility index (Phi) is 3.48. The molecular weight excluding hydrogens is 218 g/mol. The lowest BCUT2D eigenvalue weighted by atomic mass is 10.4. The summed E-state index contributed by atoms with van der Waals surface area (Å²) in [5.74, 6) is 0. The van der Waals surface area contributed by atoms with Crippen molar-refractivity contribution in [1.82, 2.24) is 0 Å². The summed E-state index contributed by atoms with van der Waals surface area (Å²) in [6.45, 7) is 0. The molecule has 0 amide bonds. The third-order valence-corrected chi connectivity index (χ3v) is 3.06. The summed E-state index contributed by atoms with van der Waals surface area (Å²) in [6.07, 6.45) is 0. The summed E-state index contributed by atoms with van der Waals surface area (Å²) in [7, 11) is -0.520. The monoisotopic (exact) mass is 223 g/mol. The van der Waals surface area contributed by atoms with E-state index < -0.39 is 8.03 Å². The van der Waals surface area contributed by atoms with Crippen LogP contribution in [0.4, 0.5) is 0 Å². The maximum Gasteiger partial charge on any atom is 0.550 e. The van der Waals surface area contributed by atoms with E-state index in [4.69, 9.17) is 23.2 Å². The second-order valence-corrected chi connectivity index (χ2v) is 4.24. The highest BCUT2D eigenvalue weighted by molar-refractivity contribution is 7.48. The van der Waals surface area contributed by atoms with E-state index in [9.17, 15) is 4.57 Å². The fraction of sp³-hybridized carbons (Fsp3) is 0.143. The minimum absolute atomic E-state index is 0.405. The second-order valence-electron chi connectivity index (χ2n) is 2.04. The van der Waals surface area contributed by atoms with Crippen LogP contribution in [0.25, 0.3) is 0 Å². The van der Waals surface area contributed by atoms with Crippen LogP contribution < -0.4 is 5.30 Å². The number of halogens is 2. The van der Waals surface area contributed by atoms with Gasteiger partial charge in [0, 0.05) is 11.1 Å². The van der Waals surface area contributed by atoms with E-state index in [-0.39, 0.29) is 0 Å². The lowest BCUT2D eigenvalue weighted by Gasteiger charge is -1.91. The molecule has 1 aromatic carbocycles. The van der Waals surface area contributed by atoms with Crippen LogP contribution in [0.1, 0.15) is 0 Å². The molecule has 1 atom stereocenters. The van der Waals surface area contributed by atoms with Crippen LogP contribution in [0.2, 0.25) is 10.0 Å². The molecule has 0 heterocycles. The Hall–Kier alpha value is -0.140. The topological polar surface area (TPSA) is 26.3 Å². The van der Waals surface area contributed by atoms with E-state index in [0.29, 0.717) is 15.3 Å². The van der Waals surface area contributed by atoms with E-state index in [1.165, 1.54) is 13.2 Å². The molecule has 0 spiro atoms. The fourth-order valence-corrected chi connectivity index (χ4v) is 1.99. The molecule has 0 aromatic heterocycles. The molecule has 0 aliphatic rings. The van der Waals surface area contributed by atoms with Crippen LogP contribution in [0.15, 0.2) is 18.2 Å². The first-order valence-corrected chi connectivity index (χ1v) is 5.05. The van der Waals surface area contributed by atoms with Gasteiger partial charge in [-0.3, -0.25) is 0 Å². The number of hydrogen-bond acceptors (Lipinski definition) is 2. The minimum Gasteiger partial charge on any atom is -0.145 e. The average molecular weight is 224 g/mol. The normalized spacial score (nSPS) is 11.4. The van der Waals surface area contributed by atoms with Crippen LogP contribution in [-0.4, -0.2) is 7.11 Å². The van der Waals surface area contributed by atoms with Crippen LogP contribution >= 0.6 is 31.2 Å². The molecular formula is C7H6Cl2O2P+. The van der Waals surface area contributed by atoms with Crippen molar-refractivity contribution < 1.29 is 9.09 Å². The SMILES string of the molecule is CO[P+](=O)c1cc(Cl)ccc1Cl. The molecule has 1 aromatic rings. The Morgan fingerprint density at radius 3 is 2.67 bits per heavy atom. The highest BCUT2D eigenvalue weighted by Gasteiger charge is 2.24. The molecule has 0 N–H and O–H groups in total. The number of hydrogen-bond donors (Lipinski definition) is 0. The van der Waals surface area contributed by atoms with Gasteiger partial charge in [0.15, 0.2) is 0 Å². The Labute approximate surface area is 81.3 Å². The number of benzene rings is 1. The molecule has 1 unspecified atom stereocenters. The zero-order valence-corrected chi connectivity index (χ0v) is 8.66. The molecule has 1 rings (SSSR count). The molecule has 0 aliphatic heterocycles. The van der Waals surface area contributed by atoms with Crippen molar-refractivity contribution in [3.8, 4) is 0 Å². The maximum absolute atomic E-state index is 11.2. The van der Waals surface area contributed by atoms with Gasteiger partial charge in [-0.1, -0.05) is 23.2 Å². The summed E-state index contributed by atoms with van der Waals surface area (Å²) >= 11 is 11.4. The minimum atomic E-state index is -1.88. The van der Waals surface area contributed by atoms with Gasteiger partial charge in [0.2, 0.25) is 5.30 Å². The summed E-state index contributed by atoms with van der Waals surface area (Å²) < 4.78 is 15.8. The van der Waals surface area contributed by atoms with E-state index in [1.54, 1.807) is 12.1 Å². The molecule has 0 saturated carbocycles. The smallest absolute Gasteiger partial charge is 0.145 e. The molecule has 64 valence electrons. The van der Waals surface area contributed by atoms with Crippen molar-refractivity contribution in [3.05, 3.63) is 28.2 Å². The van der Waals surface area contributed by atoms with Crippen molar-refractivity contribution in [2.24, 2.45) is 0 Å². The van der Waals surface area contributed by atoms with E-state index >= 15 is 0 Å². The molecule has 12 heavy (non-hydrogen) atoms. The van der Waals surface area contributed by atoms with Gasteiger partial charge >= 0.3 is 8.03 Å². The molecule has 0 radical (unpaired) electrons. The first-order valence-electron chi connectivity index (χ1n) is 3.11. The molecule has 0 saturated heterocycles. The lowest BCUT2D eigenvalue weighted by Crippen LogP contribution is -1.98. The Morgan fingerprint density at radius 1 is 1.42 bits per heavy atom. The van der Waals surface area contributed by atoms with E-state index in [0.717, 1.165) is 0 Å². The third kappa shape index (κ3) is 2.18. The Morgan fingerprint density at radius 2 is 2.08 bits per heavy atom. The van der Waals surface area contributed by atoms with Crippen molar-refractivity contribution in [2.75, 3.05) is 7.11 Å². The second kappa shape index (κ2) is 4.20. The Balaban J connectivity index is 3.13. The summed E-state index contributed by atoms with van der Waals surface area (Å²) in [6, 6.07) is 4.75. The molecule has 2 nitrogen and oxygen atoms in total. The Bertz CT molecular complexity index is 314. The fourth-order valence-electron chi connectivity index (χ4n) is 0.724. The summed E-state index contributed by atoms with van der Waals surface area (Å²) in [5, 5.41) is 1.33. The van der Waals surface area contributed by atoms with Gasteiger partial charge in [-0.2, -0.15) is 0 Å². The third-order valence-electron chi connectivity index (χ3n) is 1.27. The van der Waals surface area contributed by atoms with E-state index in [2.05, 4.69) is 4.52 Å². The van der Waals surface area contributed by atoms with Crippen LogP contribution in [0, 0.1) is 0 Å². The predicted molar refractivity (Wildman–Crippen MR) is 50.7 cm³/mol. The zero-order valence-electron chi connectivity index (χ0n) is 6.25. The molecule has 0 fully saturated rings. The van der Waals surface area contributed by atoms with Gasteiger partial charge in [-0.15, -0.1) is 4.52 Å². The van der Waals surface area contributed by atoms with Gasteiger partial charge in [-0.25, -0.2) is 0 Å². The highest BCUT2D eigenvalue weighted by Crippen LogP contribution is 2.26. The van der Waals surface area contributed by atoms with Gasteiger partial charge in [0.05, 0.1) is 12.1 Å². The summed E-state index contributed by atoms with van der Waals surface area (Å²) in [4.78, 5) is 0. The van der Waals surface area contributed by atoms with Crippen molar-refractivity contribution in [1.29, 1.82) is 0 Å². The first-order chi connectivity index (χ1) is 5.65. The molecule has 5 heteroatoms.